The van der Waals surface area contributed by atoms with E-state index in [4.69, 9.17) is 18.9 Å². The van der Waals surface area contributed by atoms with Crippen LogP contribution in [0.1, 0.15) is 418 Å². The third-order valence-corrected chi connectivity index (χ3v) is 18.8. The van der Waals surface area contributed by atoms with Gasteiger partial charge in [-0.15, -0.1) is 0 Å². The van der Waals surface area contributed by atoms with Gasteiger partial charge in [-0.25, -0.2) is 0 Å². The van der Waals surface area contributed by atoms with Gasteiger partial charge in [0, 0.05) is 12.8 Å². The van der Waals surface area contributed by atoms with Crippen molar-refractivity contribution in [1.82, 2.24) is 0 Å². The van der Waals surface area contributed by atoms with Crippen LogP contribution < -0.4 is 5.11 Å². The molecule has 0 radical (unpaired) electrons. The molecule has 9 heteroatoms. The van der Waals surface area contributed by atoms with Crippen LogP contribution in [0.4, 0.5) is 0 Å². The highest BCUT2D eigenvalue weighted by molar-refractivity contribution is 5.70. The van der Waals surface area contributed by atoms with Gasteiger partial charge in [-0.1, -0.05) is 403 Å². The lowest BCUT2D eigenvalue weighted by atomic mass is 10.0. The summed E-state index contributed by atoms with van der Waals surface area (Å²) in [6, 6.07) is 0. The van der Waals surface area contributed by atoms with Crippen molar-refractivity contribution in [3.63, 3.8) is 0 Å². The van der Waals surface area contributed by atoms with E-state index in [1.54, 1.807) is 0 Å². The number of carboxylic acid groups (broad SMARTS) is 1. The van der Waals surface area contributed by atoms with E-state index in [0.29, 0.717) is 17.4 Å². The molecule has 0 fully saturated rings. The van der Waals surface area contributed by atoms with Gasteiger partial charge in [0.1, 0.15) is 13.2 Å². The molecule has 0 heterocycles. The molecule has 2 atom stereocenters. The number of carbonyl (C=O) groups is 3. The molecule has 2 unspecified atom stereocenters. The first-order chi connectivity index (χ1) is 46.1. The highest BCUT2D eigenvalue weighted by Crippen LogP contribution is 2.20. The van der Waals surface area contributed by atoms with Crippen LogP contribution in [-0.4, -0.2) is 82.3 Å². The van der Waals surface area contributed by atoms with Gasteiger partial charge in [0.15, 0.2) is 12.4 Å². The van der Waals surface area contributed by atoms with Gasteiger partial charge in [0.2, 0.25) is 0 Å². The lowest BCUT2D eigenvalue weighted by Crippen LogP contribution is -2.44. The molecule has 0 aromatic carbocycles. The standard InChI is InChI=1S/C85H159NO8/c1-6-8-10-12-14-16-18-20-22-24-26-28-30-32-34-36-37-38-39-40-41-42-43-44-45-46-47-48-50-52-54-56-58-60-62-64-66-68-70-72-74-76-83(88)94-81(80-93-85(84(89)90)91-78-77-86(3,4)5)79-92-82(87)75-73-71-69-67-65-63-61-59-57-55-53-51-49-35-33-31-29-27-25-23-21-19-17-15-13-11-9-7-2/h8,10,14,16,20,22,26,28,81,85H,6-7,9,11-13,15,17-19,21,23-25,27,29-80H2,1-5H3/b10-8-,16-14-,22-20-,28-26-. The third kappa shape index (κ3) is 76.6. The summed E-state index contributed by atoms with van der Waals surface area (Å²) in [5.74, 6) is -2.24. The summed E-state index contributed by atoms with van der Waals surface area (Å²) < 4.78 is 22.9. The Morgan fingerprint density at radius 3 is 0.904 bits per heavy atom. The van der Waals surface area contributed by atoms with E-state index in [-0.39, 0.29) is 32.2 Å². The van der Waals surface area contributed by atoms with Crippen LogP contribution in [-0.2, 0) is 33.3 Å². The zero-order valence-electron chi connectivity index (χ0n) is 63.4. The molecule has 0 aliphatic carbocycles. The quantitative estimate of drug-likeness (QED) is 0.0195. The van der Waals surface area contributed by atoms with Crippen LogP contribution in [0.5, 0.6) is 0 Å². The minimum Gasteiger partial charge on any atom is -0.545 e. The lowest BCUT2D eigenvalue weighted by Gasteiger charge is -2.26. The summed E-state index contributed by atoms with van der Waals surface area (Å²) in [4.78, 5) is 37.6. The van der Waals surface area contributed by atoms with Crippen molar-refractivity contribution in [2.75, 3.05) is 47.5 Å². The number of nitrogens with zero attached hydrogens (tertiary/aromatic N) is 1. The normalized spacial score (nSPS) is 12.8. The van der Waals surface area contributed by atoms with Crippen molar-refractivity contribution in [2.24, 2.45) is 0 Å². The molecule has 0 aromatic heterocycles. The fourth-order valence-electron chi connectivity index (χ4n) is 12.6. The second-order valence-electron chi connectivity index (χ2n) is 29.4. The van der Waals surface area contributed by atoms with Crippen LogP contribution in [0.2, 0.25) is 0 Å². The van der Waals surface area contributed by atoms with E-state index in [9.17, 15) is 19.5 Å². The SMILES string of the molecule is CC/C=C\C/C=C\C/C=C\C/C=C\CCCCCCCCCCCCCCCCCCCCCCCCCCCCCCC(=O)OC(COC(=O)CCCCCCCCCCCCCCCCCCCCCCCCCCCCCC)COC(OCC[N+](C)(C)C)C(=O)[O-]. The summed E-state index contributed by atoms with van der Waals surface area (Å²) >= 11 is 0. The molecule has 0 bridgehead atoms. The van der Waals surface area contributed by atoms with Gasteiger partial charge in [-0.2, -0.15) is 0 Å². The number of hydrogen-bond donors (Lipinski definition) is 0. The highest BCUT2D eigenvalue weighted by atomic mass is 16.7. The minimum atomic E-state index is -1.62. The van der Waals surface area contributed by atoms with E-state index in [0.717, 1.165) is 64.2 Å². The fourth-order valence-corrected chi connectivity index (χ4v) is 12.6. The van der Waals surface area contributed by atoms with E-state index in [1.807, 2.05) is 21.1 Å². The molecule has 0 aliphatic heterocycles. The lowest BCUT2D eigenvalue weighted by molar-refractivity contribution is -0.870. The van der Waals surface area contributed by atoms with Gasteiger partial charge < -0.3 is 33.3 Å². The second-order valence-corrected chi connectivity index (χ2v) is 29.4. The molecule has 0 spiro atoms. The summed E-state index contributed by atoms with van der Waals surface area (Å²) in [6.45, 7) is 4.72. The summed E-state index contributed by atoms with van der Waals surface area (Å²) in [5.41, 5.74) is 0. The van der Waals surface area contributed by atoms with Crippen molar-refractivity contribution in [1.29, 1.82) is 0 Å². The Morgan fingerprint density at radius 2 is 0.606 bits per heavy atom. The molecule has 552 valence electrons. The molecular weight excluding hydrogens is 1160 g/mol. The van der Waals surface area contributed by atoms with Crippen LogP contribution in [0.3, 0.4) is 0 Å². The largest absolute Gasteiger partial charge is 0.545 e. The Balaban J connectivity index is 3.92. The smallest absolute Gasteiger partial charge is 0.306 e. The molecule has 9 nitrogen and oxygen atoms in total. The maximum Gasteiger partial charge on any atom is 0.306 e. The number of aliphatic carboxylic acids is 1. The number of ether oxygens (including phenoxy) is 4. The first kappa shape index (κ1) is 91.2. The maximum absolute atomic E-state index is 13.0. The molecular formula is C85H159NO8. The summed E-state index contributed by atoms with van der Waals surface area (Å²) in [6.07, 6.45) is 96.9. The van der Waals surface area contributed by atoms with Crippen LogP contribution in [0.25, 0.3) is 0 Å². The van der Waals surface area contributed by atoms with Gasteiger partial charge in [0.25, 0.3) is 0 Å². The Kier molecular flexibility index (Phi) is 73.8. The number of unbranched alkanes of at least 4 members (excludes halogenated alkanes) is 55. The average molecular weight is 1320 g/mol. The van der Waals surface area contributed by atoms with E-state index < -0.39 is 24.3 Å². The Bertz CT molecular complexity index is 1680. The Labute approximate surface area is 584 Å². The Morgan fingerprint density at radius 1 is 0.330 bits per heavy atom. The Hall–Kier alpha value is -2.75. The zero-order chi connectivity index (χ0) is 68.2. The van der Waals surface area contributed by atoms with E-state index in [1.165, 1.54) is 327 Å². The summed E-state index contributed by atoms with van der Waals surface area (Å²) in [7, 11) is 5.95. The fraction of sp³-hybridized carbons (Fsp3) is 0.871. The van der Waals surface area contributed by atoms with Crippen molar-refractivity contribution in [3.8, 4) is 0 Å². The number of quaternary nitrogens is 1. The van der Waals surface area contributed by atoms with Crippen LogP contribution in [0.15, 0.2) is 48.6 Å². The van der Waals surface area contributed by atoms with Crippen LogP contribution in [0, 0.1) is 0 Å². The van der Waals surface area contributed by atoms with E-state index in [2.05, 4.69) is 62.5 Å². The predicted octanol–water partition coefficient (Wildman–Crippen LogP) is 25.1. The van der Waals surface area contributed by atoms with Crippen molar-refractivity contribution >= 4 is 17.9 Å². The van der Waals surface area contributed by atoms with Gasteiger partial charge >= 0.3 is 11.9 Å². The molecule has 0 saturated carbocycles. The molecule has 0 N–H and O–H groups in total. The number of rotatable bonds is 78. The second kappa shape index (κ2) is 76.0. The molecule has 0 aliphatic rings. The first-order valence-electron chi connectivity index (χ1n) is 41.3. The zero-order valence-corrected chi connectivity index (χ0v) is 63.4. The molecule has 0 saturated heterocycles. The van der Waals surface area contributed by atoms with Crippen LogP contribution >= 0.6 is 0 Å². The van der Waals surface area contributed by atoms with Crippen molar-refractivity contribution < 1.29 is 42.9 Å². The number of carboxylic acids is 1. The van der Waals surface area contributed by atoms with Crippen molar-refractivity contribution in [2.45, 2.75) is 431 Å². The minimum absolute atomic E-state index is 0.152. The third-order valence-electron chi connectivity index (χ3n) is 18.8. The maximum atomic E-state index is 13.0. The molecule has 0 amide bonds. The average Bonchev–Trinajstić information content (AvgIpc) is 3.42. The van der Waals surface area contributed by atoms with Gasteiger partial charge in [0.05, 0.1) is 40.3 Å². The predicted molar refractivity (Wildman–Crippen MR) is 403 cm³/mol. The van der Waals surface area contributed by atoms with Gasteiger partial charge in [-0.3, -0.25) is 9.59 Å². The number of carbonyl (C=O) groups excluding carboxylic acids is 3. The van der Waals surface area contributed by atoms with Crippen molar-refractivity contribution in [3.05, 3.63) is 48.6 Å². The molecule has 0 aromatic rings. The molecule has 94 heavy (non-hydrogen) atoms. The summed E-state index contributed by atoms with van der Waals surface area (Å²) in [5, 5.41) is 11.9. The topological polar surface area (TPSA) is 111 Å². The first-order valence-corrected chi connectivity index (χ1v) is 41.3. The highest BCUT2D eigenvalue weighted by Gasteiger charge is 2.22. The number of likely N-dealkylation sites (N-methyl/N-ethyl adjacent to an activating group) is 1. The number of esters is 2. The van der Waals surface area contributed by atoms with E-state index >= 15 is 0 Å². The number of hydrogen-bond acceptors (Lipinski definition) is 8. The monoisotopic (exact) mass is 1320 g/mol. The number of allylic oxidation sites excluding steroid dienone is 8. The van der Waals surface area contributed by atoms with Gasteiger partial charge in [-0.05, 0) is 51.4 Å². The molecule has 0 rings (SSSR count).